The van der Waals surface area contributed by atoms with Crippen LogP contribution in [0.15, 0.2) is 29.4 Å². The summed E-state index contributed by atoms with van der Waals surface area (Å²) in [7, 11) is 1.46. The van der Waals surface area contributed by atoms with Crippen LogP contribution in [0.5, 0.6) is 5.75 Å². The molecule has 0 fully saturated rings. The normalized spacial score (nSPS) is 11.8. The van der Waals surface area contributed by atoms with Gasteiger partial charge in [-0.05, 0) is 31.9 Å². The molecule has 0 saturated carbocycles. The highest BCUT2D eigenvalue weighted by molar-refractivity contribution is 14.0. The lowest BCUT2D eigenvalue weighted by Crippen LogP contribution is -2.37. The fourth-order valence-electron chi connectivity index (χ4n) is 2.73. The molecule has 2 aromatic rings. The topological polar surface area (TPSA) is 63.5 Å². The highest BCUT2D eigenvalue weighted by atomic mass is 127. The SMILES string of the molecule is CCCOc1cc(C)ccc1CNC(=NCc1cn(C)nc1C(F)(F)F)NCC.I. The van der Waals surface area contributed by atoms with Crippen molar-refractivity contribution in [2.45, 2.75) is 46.5 Å². The van der Waals surface area contributed by atoms with Gasteiger partial charge in [-0.15, -0.1) is 24.0 Å². The highest BCUT2D eigenvalue weighted by Gasteiger charge is 2.36. The Bertz CT molecular complexity index is 836. The second kappa shape index (κ2) is 12.0. The van der Waals surface area contributed by atoms with E-state index in [2.05, 4.69) is 20.7 Å². The van der Waals surface area contributed by atoms with Crippen LogP contribution in [0.2, 0.25) is 0 Å². The largest absolute Gasteiger partial charge is 0.493 e. The molecule has 10 heteroatoms. The summed E-state index contributed by atoms with van der Waals surface area (Å²) in [6.07, 6.45) is -2.27. The zero-order valence-corrected chi connectivity index (χ0v) is 20.0. The number of aliphatic imine (C=N–C) groups is 1. The van der Waals surface area contributed by atoms with Gasteiger partial charge >= 0.3 is 6.18 Å². The third kappa shape index (κ3) is 7.69. The first kappa shape index (κ1) is 26.1. The molecule has 0 aliphatic rings. The molecule has 0 aliphatic carbocycles. The van der Waals surface area contributed by atoms with Crippen LogP contribution < -0.4 is 15.4 Å². The van der Waals surface area contributed by atoms with Gasteiger partial charge in [0.25, 0.3) is 0 Å². The van der Waals surface area contributed by atoms with Gasteiger partial charge in [-0.3, -0.25) is 4.68 Å². The predicted octanol–water partition coefficient (Wildman–Crippen LogP) is 4.41. The van der Waals surface area contributed by atoms with E-state index in [0.717, 1.165) is 28.0 Å². The first-order valence-electron chi connectivity index (χ1n) is 9.58. The molecule has 0 unspecified atom stereocenters. The van der Waals surface area contributed by atoms with Crippen LogP contribution in [-0.4, -0.2) is 28.9 Å². The number of aryl methyl sites for hydroxylation is 2. The van der Waals surface area contributed by atoms with Crippen molar-refractivity contribution in [1.82, 2.24) is 20.4 Å². The maximum absolute atomic E-state index is 13.1. The van der Waals surface area contributed by atoms with E-state index in [1.807, 2.05) is 39.0 Å². The summed E-state index contributed by atoms with van der Waals surface area (Å²) in [5.41, 5.74) is 1.16. The summed E-state index contributed by atoms with van der Waals surface area (Å²) in [5.74, 6) is 1.22. The monoisotopic (exact) mass is 539 g/mol. The van der Waals surface area contributed by atoms with Gasteiger partial charge in [-0.2, -0.15) is 18.3 Å². The number of hydrogen-bond acceptors (Lipinski definition) is 3. The zero-order valence-electron chi connectivity index (χ0n) is 17.6. The third-order valence-corrected chi connectivity index (χ3v) is 4.06. The molecule has 0 aliphatic heterocycles. The van der Waals surface area contributed by atoms with Crippen molar-refractivity contribution < 1.29 is 17.9 Å². The molecular formula is C20H29F3IN5O. The molecule has 1 aromatic carbocycles. The molecule has 2 N–H and O–H groups in total. The number of halogens is 4. The maximum Gasteiger partial charge on any atom is 0.435 e. The van der Waals surface area contributed by atoms with Crippen molar-refractivity contribution in [1.29, 1.82) is 0 Å². The molecule has 0 saturated heterocycles. The maximum atomic E-state index is 13.1. The molecule has 2 rings (SSSR count). The fourth-order valence-corrected chi connectivity index (χ4v) is 2.73. The minimum atomic E-state index is -4.51. The van der Waals surface area contributed by atoms with Crippen LogP contribution in [0.1, 0.15) is 42.7 Å². The van der Waals surface area contributed by atoms with Crippen LogP contribution >= 0.6 is 24.0 Å². The van der Waals surface area contributed by atoms with E-state index in [9.17, 15) is 13.2 Å². The smallest absolute Gasteiger partial charge is 0.435 e. The van der Waals surface area contributed by atoms with Gasteiger partial charge in [0.1, 0.15) is 5.75 Å². The average Bonchev–Trinajstić information content (AvgIpc) is 3.04. The molecule has 0 bridgehead atoms. The first-order valence-corrected chi connectivity index (χ1v) is 9.58. The quantitative estimate of drug-likeness (QED) is 0.297. The predicted molar refractivity (Wildman–Crippen MR) is 122 cm³/mol. The van der Waals surface area contributed by atoms with E-state index in [0.29, 0.717) is 25.7 Å². The summed E-state index contributed by atoms with van der Waals surface area (Å²) in [5, 5.41) is 9.72. The van der Waals surface area contributed by atoms with Crippen LogP contribution in [0.4, 0.5) is 13.2 Å². The Morgan fingerprint density at radius 1 is 1.20 bits per heavy atom. The molecule has 1 heterocycles. The summed E-state index contributed by atoms with van der Waals surface area (Å²) in [6.45, 7) is 7.43. The molecule has 0 radical (unpaired) electrons. The van der Waals surface area contributed by atoms with Crippen LogP contribution in [-0.2, 0) is 26.3 Å². The van der Waals surface area contributed by atoms with Gasteiger partial charge < -0.3 is 15.4 Å². The lowest BCUT2D eigenvalue weighted by Gasteiger charge is -2.15. The molecular weight excluding hydrogens is 510 g/mol. The summed E-state index contributed by atoms with van der Waals surface area (Å²) >= 11 is 0. The van der Waals surface area contributed by atoms with Crippen molar-refractivity contribution in [2.75, 3.05) is 13.2 Å². The number of guanidine groups is 1. The molecule has 168 valence electrons. The van der Waals surface area contributed by atoms with Gasteiger partial charge in [-0.1, -0.05) is 19.1 Å². The minimum absolute atomic E-state index is 0. The minimum Gasteiger partial charge on any atom is -0.493 e. The third-order valence-electron chi connectivity index (χ3n) is 4.06. The summed E-state index contributed by atoms with van der Waals surface area (Å²) in [6, 6.07) is 5.94. The van der Waals surface area contributed by atoms with Crippen LogP contribution in [0, 0.1) is 6.92 Å². The van der Waals surface area contributed by atoms with Crippen molar-refractivity contribution in [3.05, 3.63) is 46.8 Å². The number of ether oxygens (including phenoxy) is 1. The molecule has 0 atom stereocenters. The summed E-state index contributed by atoms with van der Waals surface area (Å²) < 4.78 is 46.3. The molecule has 0 spiro atoms. The Morgan fingerprint density at radius 3 is 2.57 bits per heavy atom. The second-order valence-electron chi connectivity index (χ2n) is 6.68. The summed E-state index contributed by atoms with van der Waals surface area (Å²) in [4.78, 5) is 4.30. The second-order valence-corrected chi connectivity index (χ2v) is 6.68. The first-order chi connectivity index (χ1) is 13.7. The van der Waals surface area contributed by atoms with Gasteiger partial charge in [0.15, 0.2) is 11.7 Å². The zero-order chi connectivity index (χ0) is 21.4. The number of hydrogen-bond donors (Lipinski definition) is 2. The number of nitrogens with one attached hydrogen (secondary N) is 2. The Kier molecular flexibility index (Phi) is 10.4. The van der Waals surface area contributed by atoms with Crippen molar-refractivity contribution in [3.63, 3.8) is 0 Å². The van der Waals surface area contributed by atoms with Crippen LogP contribution in [0.3, 0.4) is 0 Å². The lowest BCUT2D eigenvalue weighted by molar-refractivity contribution is -0.142. The Morgan fingerprint density at radius 2 is 1.93 bits per heavy atom. The van der Waals surface area contributed by atoms with Crippen molar-refractivity contribution in [2.24, 2.45) is 12.0 Å². The van der Waals surface area contributed by atoms with Crippen molar-refractivity contribution >= 4 is 29.9 Å². The van der Waals surface area contributed by atoms with E-state index in [1.165, 1.54) is 13.2 Å². The fraction of sp³-hybridized carbons (Fsp3) is 0.500. The van der Waals surface area contributed by atoms with Gasteiger partial charge in [0.05, 0.1) is 13.2 Å². The molecule has 1 aromatic heterocycles. The van der Waals surface area contributed by atoms with Gasteiger partial charge in [0, 0.05) is 37.5 Å². The van der Waals surface area contributed by atoms with Gasteiger partial charge in [0.2, 0.25) is 0 Å². The number of alkyl halides is 3. The average molecular weight is 539 g/mol. The number of benzene rings is 1. The lowest BCUT2D eigenvalue weighted by atomic mass is 10.1. The van der Waals surface area contributed by atoms with E-state index in [-0.39, 0.29) is 36.1 Å². The van der Waals surface area contributed by atoms with Crippen molar-refractivity contribution in [3.8, 4) is 5.75 Å². The number of aromatic nitrogens is 2. The van der Waals surface area contributed by atoms with Crippen LogP contribution in [0.25, 0.3) is 0 Å². The Balaban J connectivity index is 0.00000450. The van der Waals surface area contributed by atoms with Gasteiger partial charge in [-0.25, -0.2) is 4.99 Å². The molecule has 0 amide bonds. The standard InChI is InChI=1S/C20H28F3N5O.HI/c1-5-9-29-17-10-14(3)7-8-15(17)11-25-19(24-6-2)26-12-16-13-28(4)27-18(16)20(21,22)23;/h7-8,10,13H,5-6,9,11-12H2,1-4H3,(H2,24,25,26);1H. The van der Waals surface area contributed by atoms with E-state index in [1.54, 1.807) is 0 Å². The Labute approximate surface area is 192 Å². The molecule has 30 heavy (non-hydrogen) atoms. The van der Waals surface area contributed by atoms with E-state index in [4.69, 9.17) is 4.74 Å². The highest BCUT2D eigenvalue weighted by Crippen LogP contribution is 2.30. The number of rotatable bonds is 8. The Hall–Kier alpha value is -1.98. The van der Waals surface area contributed by atoms with E-state index >= 15 is 0 Å². The molecule has 6 nitrogen and oxygen atoms in total. The number of nitrogens with zero attached hydrogens (tertiary/aromatic N) is 3. The van der Waals surface area contributed by atoms with E-state index < -0.39 is 11.9 Å².